The van der Waals surface area contributed by atoms with Gasteiger partial charge in [0.2, 0.25) is 0 Å². The Hall–Kier alpha value is -1.07. The molecule has 66 valence electrons. The lowest BCUT2D eigenvalue weighted by molar-refractivity contribution is 0.598. The summed E-state index contributed by atoms with van der Waals surface area (Å²) in [6.07, 6.45) is 3.83. The van der Waals surface area contributed by atoms with Crippen molar-refractivity contribution in [1.29, 1.82) is 0 Å². The van der Waals surface area contributed by atoms with Crippen LogP contribution in [0.1, 0.15) is 11.1 Å². The number of rotatable bonds is 1. The van der Waals surface area contributed by atoms with Gasteiger partial charge in [0, 0.05) is 5.31 Å². The topological polar surface area (TPSA) is 17.1 Å². The monoisotopic (exact) mass is 190 g/mol. The zero-order valence-electron chi connectivity index (χ0n) is 7.45. The third kappa shape index (κ3) is 1.52. The van der Waals surface area contributed by atoms with Crippen molar-refractivity contribution in [3.05, 3.63) is 53.4 Å². The molecule has 1 aliphatic heterocycles. The second kappa shape index (κ2) is 3.35. The van der Waals surface area contributed by atoms with Gasteiger partial charge in [0.1, 0.15) is 7.80 Å². The van der Waals surface area contributed by atoms with Crippen molar-refractivity contribution in [2.24, 2.45) is 0 Å². The van der Waals surface area contributed by atoms with E-state index in [1.54, 1.807) is 5.82 Å². The molecule has 2 heteroatoms. The number of hydrogen-bond donors (Lipinski definition) is 0. The lowest BCUT2D eigenvalue weighted by Crippen LogP contribution is -1.82. The van der Waals surface area contributed by atoms with Crippen LogP contribution in [0.4, 0.5) is 0 Å². The molecular formula is C11H11OP. The third-order valence-corrected chi connectivity index (χ3v) is 3.67. The van der Waals surface area contributed by atoms with E-state index in [-0.39, 0.29) is 0 Å². The molecule has 0 aliphatic carbocycles. The highest BCUT2D eigenvalue weighted by molar-refractivity contribution is 7.60. The molecule has 0 N–H and O–H groups in total. The molecule has 0 radical (unpaired) electrons. The van der Waals surface area contributed by atoms with Crippen LogP contribution in [0.25, 0.3) is 5.31 Å². The van der Waals surface area contributed by atoms with E-state index in [9.17, 15) is 4.57 Å². The van der Waals surface area contributed by atoms with Crippen molar-refractivity contribution >= 4 is 13.1 Å². The largest absolute Gasteiger partial charge is 0.318 e. The highest BCUT2D eigenvalue weighted by atomic mass is 31.1. The fraction of sp³-hybridized carbons (Fsp3) is 0.0909. The van der Waals surface area contributed by atoms with Crippen molar-refractivity contribution < 1.29 is 4.57 Å². The Labute approximate surface area is 78.6 Å². The second-order valence-electron chi connectivity index (χ2n) is 3.12. The van der Waals surface area contributed by atoms with E-state index >= 15 is 0 Å². The number of aryl methyl sites for hydroxylation is 1. The Kier molecular flexibility index (Phi) is 2.20. The predicted molar refractivity (Wildman–Crippen MR) is 57.3 cm³/mol. The zero-order valence-corrected chi connectivity index (χ0v) is 8.45. The fourth-order valence-corrected chi connectivity index (χ4v) is 2.76. The summed E-state index contributed by atoms with van der Waals surface area (Å²) < 4.78 is 11.6. The molecule has 1 nitrogen and oxygen atoms in total. The van der Waals surface area contributed by atoms with Gasteiger partial charge in [-0.25, -0.2) is 0 Å². The summed E-state index contributed by atoms with van der Waals surface area (Å²) in [6, 6.07) is 8.05. The molecule has 0 fully saturated rings. The van der Waals surface area contributed by atoms with E-state index in [1.807, 2.05) is 43.3 Å². The van der Waals surface area contributed by atoms with Crippen LogP contribution >= 0.6 is 7.80 Å². The second-order valence-corrected chi connectivity index (χ2v) is 4.72. The number of allylic oxidation sites excluding steroid dienone is 2. The number of benzene rings is 1. The van der Waals surface area contributed by atoms with E-state index in [1.165, 1.54) is 5.56 Å². The molecule has 1 aromatic rings. The first-order valence-corrected chi connectivity index (χ1v) is 5.76. The lowest BCUT2D eigenvalue weighted by Gasteiger charge is -2.04. The summed E-state index contributed by atoms with van der Waals surface area (Å²) in [5.41, 5.74) is 2.31. The van der Waals surface area contributed by atoms with Gasteiger partial charge in [-0.3, -0.25) is 0 Å². The SMILES string of the molecule is Cc1ccccc1C1=CC=C[PH]1=O. The van der Waals surface area contributed by atoms with Gasteiger partial charge in [0.25, 0.3) is 0 Å². The molecule has 1 heterocycles. The van der Waals surface area contributed by atoms with Crippen LogP contribution in [-0.4, -0.2) is 0 Å². The van der Waals surface area contributed by atoms with E-state index in [4.69, 9.17) is 0 Å². The molecule has 1 unspecified atom stereocenters. The molecule has 13 heavy (non-hydrogen) atoms. The van der Waals surface area contributed by atoms with E-state index in [0.717, 1.165) is 10.9 Å². The van der Waals surface area contributed by atoms with Gasteiger partial charge in [-0.05, 0) is 23.9 Å². The highest BCUT2D eigenvalue weighted by Gasteiger charge is 2.11. The number of hydrogen-bond acceptors (Lipinski definition) is 1. The quantitative estimate of drug-likeness (QED) is 0.620. The Morgan fingerprint density at radius 1 is 1.23 bits per heavy atom. The van der Waals surface area contributed by atoms with Gasteiger partial charge < -0.3 is 4.57 Å². The average Bonchev–Trinajstić information content (AvgIpc) is 2.52. The molecule has 0 saturated carbocycles. The zero-order chi connectivity index (χ0) is 9.26. The Bertz CT molecular complexity index is 416. The minimum Gasteiger partial charge on any atom is -0.318 e. The Morgan fingerprint density at radius 2 is 2.00 bits per heavy atom. The van der Waals surface area contributed by atoms with E-state index < -0.39 is 7.80 Å². The van der Waals surface area contributed by atoms with Crippen LogP contribution in [0.15, 0.2) is 42.2 Å². The molecule has 1 aliphatic rings. The van der Waals surface area contributed by atoms with E-state index in [0.29, 0.717) is 0 Å². The maximum absolute atomic E-state index is 11.6. The Morgan fingerprint density at radius 3 is 2.62 bits per heavy atom. The van der Waals surface area contributed by atoms with Gasteiger partial charge in [-0.1, -0.05) is 36.4 Å². The first kappa shape index (κ1) is 8.52. The minimum absolute atomic E-state index is 0.989. The van der Waals surface area contributed by atoms with Crippen LogP contribution < -0.4 is 0 Å². The van der Waals surface area contributed by atoms with Crippen molar-refractivity contribution in [2.75, 3.05) is 0 Å². The van der Waals surface area contributed by atoms with Gasteiger partial charge >= 0.3 is 0 Å². The van der Waals surface area contributed by atoms with Crippen molar-refractivity contribution in [1.82, 2.24) is 0 Å². The summed E-state index contributed by atoms with van der Waals surface area (Å²) in [5, 5.41) is 0.989. The lowest BCUT2D eigenvalue weighted by atomic mass is 10.1. The van der Waals surface area contributed by atoms with Crippen LogP contribution in [0.5, 0.6) is 0 Å². The Balaban J connectivity index is 2.48. The molecule has 2 rings (SSSR count). The van der Waals surface area contributed by atoms with Gasteiger partial charge in [0.15, 0.2) is 0 Å². The fourth-order valence-electron chi connectivity index (χ4n) is 1.50. The maximum Gasteiger partial charge on any atom is 0.125 e. The van der Waals surface area contributed by atoms with Gasteiger partial charge in [-0.15, -0.1) is 0 Å². The van der Waals surface area contributed by atoms with Gasteiger partial charge in [-0.2, -0.15) is 0 Å². The third-order valence-electron chi connectivity index (χ3n) is 2.21. The standard InChI is InChI=1S/C11H11OP/c1-9-5-2-3-6-10(9)11-7-4-8-13(11)12/h2-8,13H,1H3. The normalized spacial score (nSPS) is 20.4. The molecule has 0 saturated heterocycles. The minimum atomic E-state index is -1.64. The van der Waals surface area contributed by atoms with Crippen molar-refractivity contribution in [3.8, 4) is 0 Å². The first-order chi connectivity index (χ1) is 6.29. The summed E-state index contributed by atoms with van der Waals surface area (Å²) in [4.78, 5) is 0. The molecule has 0 amide bonds. The highest BCUT2D eigenvalue weighted by Crippen LogP contribution is 2.45. The molecule has 0 bridgehead atoms. The molecule has 1 atom stereocenters. The maximum atomic E-state index is 11.6. The summed E-state index contributed by atoms with van der Waals surface area (Å²) in [5.74, 6) is 1.78. The first-order valence-electron chi connectivity index (χ1n) is 4.28. The summed E-state index contributed by atoms with van der Waals surface area (Å²) >= 11 is 0. The van der Waals surface area contributed by atoms with Crippen molar-refractivity contribution in [2.45, 2.75) is 6.92 Å². The van der Waals surface area contributed by atoms with Crippen LogP contribution in [0.2, 0.25) is 0 Å². The van der Waals surface area contributed by atoms with Crippen molar-refractivity contribution in [3.63, 3.8) is 0 Å². The molecule has 1 aromatic carbocycles. The summed E-state index contributed by atoms with van der Waals surface area (Å²) in [7, 11) is -1.64. The average molecular weight is 190 g/mol. The van der Waals surface area contributed by atoms with Crippen LogP contribution in [0.3, 0.4) is 0 Å². The van der Waals surface area contributed by atoms with Crippen LogP contribution in [0, 0.1) is 6.92 Å². The van der Waals surface area contributed by atoms with E-state index in [2.05, 4.69) is 0 Å². The predicted octanol–water partition coefficient (Wildman–Crippen LogP) is 3.42. The smallest absolute Gasteiger partial charge is 0.125 e. The summed E-state index contributed by atoms with van der Waals surface area (Å²) in [6.45, 7) is 2.05. The molecule has 0 spiro atoms. The molecule has 0 aromatic heterocycles. The van der Waals surface area contributed by atoms with Crippen LogP contribution in [-0.2, 0) is 4.57 Å². The van der Waals surface area contributed by atoms with Gasteiger partial charge in [0.05, 0.1) is 0 Å². The molecular weight excluding hydrogens is 179 g/mol.